The molecule has 0 fully saturated rings. The van der Waals surface area contributed by atoms with Crippen molar-refractivity contribution in [1.29, 1.82) is 5.26 Å². The van der Waals surface area contributed by atoms with Crippen LogP contribution in [0.3, 0.4) is 0 Å². The minimum atomic E-state index is -0.294. The van der Waals surface area contributed by atoms with Crippen LogP contribution in [-0.2, 0) is 0 Å². The van der Waals surface area contributed by atoms with Crippen LogP contribution in [0.2, 0.25) is 0 Å². The molecule has 0 bridgehead atoms. The summed E-state index contributed by atoms with van der Waals surface area (Å²) in [6, 6.07) is 2.18. The summed E-state index contributed by atoms with van der Waals surface area (Å²) in [4.78, 5) is 4.19. The SMILES string of the molecule is Cc1nnc2c(C(C#N)CBr)nccn12. The van der Waals surface area contributed by atoms with Crippen LogP contribution in [0.5, 0.6) is 0 Å². The van der Waals surface area contributed by atoms with Gasteiger partial charge in [0.05, 0.1) is 6.07 Å². The number of fused-ring (bicyclic) bond motifs is 1. The first-order chi connectivity index (χ1) is 7.27. The number of hydrogen-bond donors (Lipinski definition) is 0. The lowest BCUT2D eigenvalue weighted by Crippen LogP contribution is -2.04. The molecule has 2 rings (SSSR count). The first kappa shape index (κ1) is 10.1. The van der Waals surface area contributed by atoms with E-state index in [1.807, 2.05) is 11.3 Å². The lowest BCUT2D eigenvalue weighted by atomic mass is 10.1. The monoisotopic (exact) mass is 265 g/mol. The molecular weight excluding hydrogens is 258 g/mol. The highest BCUT2D eigenvalue weighted by Crippen LogP contribution is 2.19. The molecule has 6 heteroatoms. The summed E-state index contributed by atoms with van der Waals surface area (Å²) in [5.74, 6) is 0.497. The van der Waals surface area contributed by atoms with E-state index >= 15 is 0 Å². The zero-order valence-corrected chi connectivity index (χ0v) is 9.64. The van der Waals surface area contributed by atoms with Crippen molar-refractivity contribution in [1.82, 2.24) is 19.6 Å². The number of alkyl halides is 1. The first-order valence-electron chi connectivity index (χ1n) is 4.39. The number of aromatic nitrogens is 4. The van der Waals surface area contributed by atoms with Gasteiger partial charge in [-0.2, -0.15) is 5.26 Å². The minimum Gasteiger partial charge on any atom is -0.284 e. The Morgan fingerprint density at radius 3 is 3.07 bits per heavy atom. The highest BCUT2D eigenvalue weighted by atomic mass is 79.9. The Bertz CT molecular complexity index is 527. The molecule has 0 amide bonds. The fourth-order valence-electron chi connectivity index (χ4n) is 1.38. The van der Waals surface area contributed by atoms with Crippen LogP contribution in [0.1, 0.15) is 17.4 Å². The largest absolute Gasteiger partial charge is 0.284 e. The van der Waals surface area contributed by atoms with Crippen molar-refractivity contribution >= 4 is 21.6 Å². The number of nitriles is 1. The van der Waals surface area contributed by atoms with E-state index < -0.39 is 0 Å². The Hall–Kier alpha value is -1.48. The van der Waals surface area contributed by atoms with Crippen LogP contribution in [0.25, 0.3) is 5.65 Å². The van der Waals surface area contributed by atoms with Crippen LogP contribution in [0, 0.1) is 18.3 Å². The molecule has 2 heterocycles. The zero-order chi connectivity index (χ0) is 10.8. The molecule has 0 aromatic carbocycles. The second-order valence-electron chi connectivity index (χ2n) is 3.09. The van der Waals surface area contributed by atoms with Gasteiger partial charge in [-0.1, -0.05) is 15.9 Å². The van der Waals surface area contributed by atoms with Crippen LogP contribution in [-0.4, -0.2) is 24.9 Å². The molecule has 2 aromatic rings. The number of halogens is 1. The zero-order valence-electron chi connectivity index (χ0n) is 8.05. The summed E-state index contributed by atoms with van der Waals surface area (Å²) >= 11 is 3.29. The van der Waals surface area contributed by atoms with E-state index in [0.29, 0.717) is 16.7 Å². The number of rotatable bonds is 2. The lowest BCUT2D eigenvalue weighted by molar-refractivity contribution is 0.915. The van der Waals surface area contributed by atoms with Gasteiger partial charge in [0.1, 0.15) is 17.4 Å². The van der Waals surface area contributed by atoms with Gasteiger partial charge in [0.15, 0.2) is 5.65 Å². The molecule has 1 atom stereocenters. The molecule has 0 spiro atoms. The minimum absolute atomic E-state index is 0.294. The van der Waals surface area contributed by atoms with E-state index in [-0.39, 0.29) is 5.92 Å². The van der Waals surface area contributed by atoms with E-state index in [1.165, 1.54) is 0 Å². The Morgan fingerprint density at radius 1 is 1.60 bits per heavy atom. The Labute approximate surface area is 94.9 Å². The maximum Gasteiger partial charge on any atom is 0.183 e. The molecule has 15 heavy (non-hydrogen) atoms. The van der Waals surface area contributed by atoms with Gasteiger partial charge in [-0.25, -0.2) is 0 Å². The molecule has 0 aliphatic heterocycles. The van der Waals surface area contributed by atoms with Gasteiger partial charge in [-0.3, -0.25) is 9.38 Å². The van der Waals surface area contributed by atoms with Gasteiger partial charge in [-0.15, -0.1) is 10.2 Å². The second kappa shape index (κ2) is 3.95. The van der Waals surface area contributed by atoms with Gasteiger partial charge in [0, 0.05) is 17.7 Å². The van der Waals surface area contributed by atoms with E-state index in [0.717, 1.165) is 5.82 Å². The van der Waals surface area contributed by atoms with E-state index in [1.54, 1.807) is 12.4 Å². The van der Waals surface area contributed by atoms with Crippen molar-refractivity contribution in [2.75, 3.05) is 5.33 Å². The molecule has 1 unspecified atom stereocenters. The third-order valence-electron chi connectivity index (χ3n) is 2.16. The summed E-state index contributed by atoms with van der Waals surface area (Å²) in [5, 5.41) is 17.5. The van der Waals surface area contributed by atoms with E-state index in [4.69, 9.17) is 5.26 Å². The highest BCUT2D eigenvalue weighted by molar-refractivity contribution is 9.09. The van der Waals surface area contributed by atoms with Crippen molar-refractivity contribution in [3.05, 3.63) is 23.9 Å². The summed E-state index contributed by atoms with van der Waals surface area (Å²) in [6.45, 7) is 1.86. The van der Waals surface area contributed by atoms with Gasteiger partial charge in [-0.05, 0) is 6.92 Å². The number of hydrogen-bond acceptors (Lipinski definition) is 4. The van der Waals surface area contributed by atoms with Gasteiger partial charge in [0.25, 0.3) is 0 Å². The van der Waals surface area contributed by atoms with Crippen molar-refractivity contribution in [3.8, 4) is 6.07 Å². The van der Waals surface area contributed by atoms with Crippen molar-refractivity contribution in [2.24, 2.45) is 0 Å². The van der Waals surface area contributed by atoms with Gasteiger partial charge >= 0.3 is 0 Å². The van der Waals surface area contributed by atoms with E-state index in [2.05, 4.69) is 37.2 Å². The number of nitrogens with zero attached hydrogens (tertiary/aromatic N) is 5. The molecule has 0 saturated heterocycles. The second-order valence-corrected chi connectivity index (χ2v) is 3.74. The molecule has 0 saturated carbocycles. The summed E-state index contributed by atoms with van der Waals surface area (Å²) < 4.78 is 1.83. The Kier molecular flexibility index (Phi) is 2.64. The maximum absolute atomic E-state index is 8.97. The standard InChI is InChI=1S/C9H8BrN5/c1-6-13-14-9-8(7(4-10)5-11)12-2-3-15(6)9/h2-3,7H,4H2,1H3. The fraction of sp³-hybridized carbons (Fsp3) is 0.333. The molecule has 0 aliphatic rings. The first-order valence-corrected chi connectivity index (χ1v) is 5.52. The highest BCUT2D eigenvalue weighted by Gasteiger charge is 2.16. The molecule has 0 radical (unpaired) electrons. The average molecular weight is 266 g/mol. The molecule has 0 aliphatic carbocycles. The lowest BCUT2D eigenvalue weighted by Gasteiger charge is -2.04. The summed E-state index contributed by atoms with van der Waals surface area (Å²) in [6.07, 6.45) is 3.45. The smallest absolute Gasteiger partial charge is 0.183 e. The third kappa shape index (κ3) is 1.59. The normalized spacial score (nSPS) is 12.6. The average Bonchev–Trinajstić information content (AvgIpc) is 2.64. The van der Waals surface area contributed by atoms with Gasteiger partial charge < -0.3 is 0 Å². The Morgan fingerprint density at radius 2 is 2.40 bits per heavy atom. The van der Waals surface area contributed by atoms with Gasteiger partial charge in [0.2, 0.25) is 0 Å². The maximum atomic E-state index is 8.97. The molecule has 2 aromatic heterocycles. The summed E-state index contributed by atoms with van der Waals surface area (Å²) in [7, 11) is 0. The fourth-order valence-corrected chi connectivity index (χ4v) is 1.83. The van der Waals surface area contributed by atoms with Crippen LogP contribution < -0.4 is 0 Å². The quantitative estimate of drug-likeness (QED) is 0.771. The number of aryl methyl sites for hydroxylation is 1. The predicted octanol–water partition coefficient (Wildman–Crippen LogP) is 1.43. The summed E-state index contributed by atoms with van der Waals surface area (Å²) in [5.41, 5.74) is 1.32. The molecule has 5 nitrogen and oxygen atoms in total. The van der Waals surface area contributed by atoms with Crippen molar-refractivity contribution in [3.63, 3.8) is 0 Å². The van der Waals surface area contributed by atoms with Crippen molar-refractivity contribution in [2.45, 2.75) is 12.8 Å². The molecular formula is C9H8BrN5. The third-order valence-corrected chi connectivity index (χ3v) is 2.81. The van der Waals surface area contributed by atoms with E-state index in [9.17, 15) is 0 Å². The molecule has 76 valence electrons. The van der Waals surface area contributed by atoms with Crippen molar-refractivity contribution < 1.29 is 0 Å². The van der Waals surface area contributed by atoms with Crippen LogP contribution in [0.15, 0.2) is 12.4 Å². The topological polar surface area (TPSA) is 66.9 Å². The predicted molar refractivity (Wildman–Crippen MR) is 57.7 cm³/mol. The Balaban J connectivity index is 2.66. The van der Waals surface area contributed by atoms with Crippen LogP contribution >= 0.6 is 15.9 Å². The molecule has 0 N–H and O–H groups in total. The van der Waals surface area contributed by atoms with Crippen LogP contribution in [0.4, 0.5) is 0 Å².